The predicted molar refractivity (Wildman–Crippen MR) is 159 cm³/mol. The van der Waals surface area contributed by atoms with Crippen LogP contribution in [0.25, 0.3) is 0 Å². The van der Waals surface area contributed by atoms with E-state index in [1.54, 1.807) is 24.3 Å². The van der Waals surface area contributed by atoms with Gasteiger partial charge in [-0.3, -0.25) is 9.78 Å². The first-order chi connectivity index (χ1) is 22.4. The lowest BCUT2D eigenvalue weighted by molar-refractivity contribution is -0.452. The van der Waals surface area contributed by atoms with Gasteiger partial charge in [0.1, 0.15) is 13.2 Å². The summed E-state index contributed by atoms with van der Waals surface area (Å²) in [5.41, 5.74) is 2.68. The van der Waals surface area contributed by atoms with Gasteiger partial charge in [0.15, 0.2) is 0 Å². The molecule has 14 heteroatoms. The highest BCUT2D eigenvalue weighted by molar-refractivity contribution is 5.89. The Labute approximate surface area is 267 Å². The van der Waals surface area contributed by atoms with Crippen LogP contribution in [-0.2, 0) is 61.4 Å². The summed E-state index contributed by atoms with van der Waals surface area (Å²) in [6.07, 6.45) is 6.07. The Balaban J connectivity index is 1.39. The highest BCUT2D eigenvalue weighted by Gasteiger charge is 2.13. The molecule has 0 unspecified atom stereocenters. The lowest BCUT2D eigenvalue weighted by atomic mass is 10.1. The summed E-state index contributed by atoms with van der Waals surface area (Å²) in [7, 11) is 0. The molecule has 0 amide bonds. The third-order valence-electron chi connectivity index (χ3n) is 6.21. The van der Waals surface area contributed by atoms with Crippen molar-refractivity contribution in [3.63, 3.8) is 0 Å². The Morgan fingerprint density at radius 3 is 1.22 bits per heavy atom. The Morgan fingerprint density at radius 1 is 0.478 bits per heavy atom. The van der Waals surface area contributed by atoms with Gasteiger partial charge in [0.25, 0.3) is 0 Å². The van der Waals surface area contributed by atoms with Gasteiger partial charge in [0, 0.05) is 0 Å². The van der Waals surface area contributed by atoms with Gasteiger partial charge in [0.2, 0.25) is 0 Å². The number of benzene rings is 2. The number of rotatable bonds is 23. The molecule has 0 heterocycles. The van der Waals surface area contributed by atoms with Gasteiger partial charge >= 0.3 is 24.2 Å². The van der Waals surface area contributed by atoms with Gasteiger partial charge in [-0.05, 0) is 61.1 Å². The molecule has 0 aliphatic rings. The Morgan fingerprint density at radius 2 is 0.848 bits per heavy atom. The zero-order chi connectivity index (χ0) is 33.2. The van der Waals surface area contributed by atoms with Crippen molar-refractivity contribution in [2.24, 2.45) is 0 Å². The maximum atomic E-state index is 11.9. The minimum absolute atomic E-state index is 0.0187. The lowest BCUT2D eigenvalue weighted by Crippen LogP contribution is -2.17. The molecule has 0 fully saturated rings. The van der Waals surface area contributed by atoms with Crippen LogP contribution < -0.4 is 0 Å². The molecule has 0 saturated heterocycles. The largest absolute Gasteiger partial charge is 0.543 e. The quantitative estimate of drug-likeness (QED) is 0.0578. The van der Waals surface area contributed by atoms with Crippen LogP contribution in [0.4, 0.5) is 9.59 Å². The SMILES string of the molecule is CCCCCc1ccc(C(=O)OOOC(=O)OCCOCCOCCOC(=O)OOOC(=O)c2ccc(CCCCC)cc2)cc1. The molecular weight excluding hydrogens is 608 g/mol. The van der Waals surface area contributed by atoms with Crippen molar-refractivity contribution in [1.82, 2.24) is 0 Å². The molecule has 0 bridgehead atoms. The molecule has 254 valence electrons. The van der Waals surface area contributed by atoms with Crippen molar-refractivity contribution < 1.29 is 67.8 Å². The van der Waals surface area contributed by atoms with E-state index >= 15 is 0 Å². The molecule has 0 atom stereocenters. The van der Waals surface area contributed by atoms with E-state index in [1.807, 2.05) is 24.3 Å². The summed E-state index contributed by atoms with van der Waals surface area (Å²) in [6, 6.07) is 13.7. The van der Waals surface area contributed by atoms with Gasteiger partial charge in [-0.25, -0.2) is 29.0 Å². The van der Waals surface area contributed by atoms with Crippen LogP contribution in [0.3, 0.4) is 0 Å². The first kappa shape index (κ1) is 37.9. The maximum absolute atomic E-state index is 11.9. The fourth-order valence-corrected chi connectivity index (χ4v) is 3.76. The number of carbonyl (C=O) groups excluding carboxylic acids is 4. The standard InChI is InChI=1S/C32H42O14/c1-3-5-7-9-25-11-15-27(16-12-25)29(33)41-45-43-31(35)39-23-21-37-19-20-38-22-24-40-32(36)44-46-42-30(34)28-17-13-26(14-18-28)10-8-6-4-2/h11-18H,3-10,19-24H2,1-2H3. The topological polar surface area (TPSA) is 161 Å². The summed E-state index contributed by atoms with van der Waals surface area (Å²) >= 11 is 0. The predicted octanol–water partition coefficient (Wildman–Crippen LogP) is 6.20. The van der Waals surface area contributed by atoms with Gasteiger partial charge in [-0.15, -0.1) is 0 Å². The zero-order valence-corrected chi connectivity index (χ0v) is 26.2. The molecule has 0 aliphatic heterocycles. The van der Waals surface area contributed by atoms with Crippen LogP contribution >= 0.6 is 0 Å². The number of hydrogen-bond donors (Lipinski definition) is 0. The molecular formula is C32H42O14. The average Bonchev–Trinajstić information content (AvgIpc) is 3.06. The van der Waals surface area contributed by atoms with Crippen molar-refractivity contribution in [1.29, 1.82) is 0 Å². The molecule has 14 nitrogen and oxygen atoms in total. The number of carbonyl (C=O) groups is 4. The first-order valence-corrected chi connectivity index (χ1v) is 15.2. The summed E-state index contributed by atoms with van der Waals surface area (Å²) in [4.78, 5) is 64.1. The zero-order valence-electron chi connectivity index (χ0n) is 26.2. The van der Waals surface area contributed by atoms with Gasteiger partial charge in [-0.2, -0.15) is 0 Å². The fourth-order valence-electron chi connectivity index (χ4n) is 3.76. The van der Waals surface area contributed by atoms with Gasteiger partial charge in [0.05, 0.1) is 47.6 Å². The van der Waals surface area contributed by atoms with E-state index in [1.165, 1.54) is 0 Å². The molecule has 0 aliphatic carbocycles. The molecule has 46 heavy (non-hydrogen) atoms. The van der Waals surface area contributed by atoms with Crippen molar-refractivity contribution in [2.75, 3.05) is 39.6 Å². The van der Waals surface area contributed by atoms with E-state index in [0.717, 1.165) is 62.5 Å². The lowest BCUT2D eigenvalue weighted by Gasteiger charge is -2.07. The van der Waals surface area contributed by atoms with E-state index < -0.39 is 24.2 Å². The molecule has 0 spiro atoms. The van der Waals surface area contributed by atoms with Gasteiger partial charge in [-0.1, -0.05) is 63.8 Å². The van der Waals surface area contributed by atoms with Crippen molar-refractivity contribution in [3.05, 3.63) is 70.8 Å². The third kappa shape index (κ3) is 17.3. The minimum Gasteiger partial charge on any atom is -0.430 e. The van der Waals surface area contributed by atoms with Crippen LogP contribution in [-0.4, -0.2) is 63.9 Å². The van der Waals surface area contributed by atoms with E-state index in [9.17, 15) is 19.2 Å². The number of hydrogen-bond acceptors (Lipinski definition) is 14. The second-order valence-corrected chi connectivity index (χ2v) is 9.77. The third-order valence-corrected chi connectivity index (χ3v) is 6.21. The Bertz CT molecular complexity index is 1060. The second kappa shape index (κ2) is 24.1. The molecule has 0 radical (unpaired) electrons. The van der Waals surface area contributed by atoms with Crippen molar-refractivity contribution in [2.45, 2.75) is 65.2 Å². The summed E-state index contributed by atoms with van der Waals surface area (Å²) in [5.74, 6) is -1.66. The fraction of sp³-hybridized carbons (Fsp3) is 0.500. The smallest absolute Gasteiger partial charge is 0.430 e. The number of ether oxygens (including phenoxy) is 4. The molecule has 2 rings (SSSR count). The average molecular weight is 651 g/mol. The molecule has 2 aromatic rings. The highest BCUT2D eigenvalue weighted by Crippen LogP contribution is 2.11. The maximum Gasteiger partial charge on any atom is 0.543 e. The monoisotopic (exact) mass is 650 g/mol. The van der Waals surface area contributed by atoms with Crippen molar-refractivity contribution in [3.8, 4) is 0 Å². The van der Waals surface area contributed by atoms with Crippen LogP contribution in [0.15, 0.2) is 48.5 Å². The van der Waals surface area contributed by atoms with Crippen LogP contribution in [0, 0.1) is 0 Å². The molecule has 0 saturated carbocycles. The normalized spacial score (nSPS) is 10.6. The van der Waals surface area contributed by atoms with E-state index in [-0.39, 0.29) is 50.8 Å². The number of aryl methyl sites for hydroxylation is 2. The van der Waals surface area contributed by atoms with Crippen LogP contribution in [0.1, 0.15) is 84.2 Å². The van der Waals surface area contributed by atoms with Gasteiger partial charge < -0.3 is 18.9 Å². The van der Waals surface area contributed by atoms with Crippen LogP contribution in [0.2, 0.25) is 0 Å². The molecule has 2 aromatic carbocycles. The molecule has 0 N–H and O–H groups in total. The number of unbranched alkanes of at least 4 members (excludes halogenated alkanes) is 4. The Kier molecular flexibility index (Phi) is 19.8. The summed E-state index contributed by atoms with van der Waals surface area (Å²) in [5, 5.41) is 8.36. The van der Waals surface area contributed by atoms with E-state index in [4.69, 9.17) is 18.9 Å². The summed E-state index contributed by atoms with van der Waals surface area (Å²) in [6.45, 7) is 4.26. The highest BCUT2D eigenvalue weighted by atomic mass is 17.5. The Hall–Kier alpha value is -4.24. The minimum atomic E-state index is -1.23. The van der Waals surface area contributed by atoms with Crippen LogP contribution in [0.5, 0.6) is 0 Å². The molecule has 0 aromatic heterocycles. The summed E-state index contributed by atoms with van der Waals surface area (Å²) < 4.78 is 19.8. The van der Waals surface area contributed by atoms with E-state index in [0.29, 0.717) is 0 Å². The first-order valence-electron chi connectivity index (χ1n) is 15.2. The van der Waals surface area contributed by atoms with Crippen molar-refractivity contribution >= 4 is 24.2 Å². The second-order valence-electron chi connectivity index (χ2n) is 9.77. The van der Waals surface area contributed by atoms with E-state index in [2.05, 4.69) is 43.5 Å².